The third-order valence-electron chi connectivity index (χ3n) is 8.72. The quantitative estimate of drug-likeness (QED) is 0.0157. The number of hydrogen-bond donors (Lipinski definition) is 4. The predicted molar refractivity (Wildman–Crippen MR) is 247 cm³/mol. The predicted octanol–water partition coefficient (Wildman–Crippen LogP) is 11.3. The Bertz CT molecular complexity index is 1420. The molecule has 10 heteroatoms. The van der Waals surface area contributed by atoms with Crippen LogP contribution in [0.15, 0.2) is 146 Å². The average molecular weight is 836 g/mol. The third-order valence-corrected chi connectivity index (χ3v) is 9.75. The molecule has 0 amide bonds. The molecule has 0 aromatic heterocycles. The van der Waals surface area contributed by atoms with Crippen molar-refractivity contribution in [3.63, 3.8) is 0 Å². The van der Waals surface area contributed by atoms with Gasteiger partial charge in [0.1, 0.15) is 6.10 Å². The zero-order valence-corrected chi connectivity index (χ0v) is 36.7. The Morgan fingerprint density at radius 3 is 1.22 bits per heavy atom. The van der Waals surface area contributed by atoms with Crippen molar-refractivity contribution < 1.29 is 38.3 Å². The molecule has 59 heavy (non-hydrogen) atoms. The lowest BCUT2D eigenvalue weighted by molar-refractivity contribution is -0.158. The third kappa shape index (κ3) is 30.8. The van der Waals surface area contributed by atoms with Gasteiger partial charge in [-0.25, -0.2) is 4.57 Å². The topological polar surface area (TPSA) is 156 Å². The lowest BCUT2D eigenvalue weighted by Gasteiger charge is -2.33. The molecule has 0 fully saturated rings. The van der Waals surface area contributed by atoms with Crippen LogP contribution in [0.3, 0.4) is 0 Å². The highest BCUT2D eigenvalue weighted by atomic mass is 31.2. The van der Waals surface area contributed by atoms with Crippen LogP contribution in [0.5, 0.6) is 0 Å². The molecule has 0 radical (unpaired) electrons. The van der Waals surface area contributed by atoms with E-state index < -0.39 is 44.3 Å². The molecule has 0 saturated carbocycles. The van der Waals surface area contributed by atoms with Crippen LogP contribution >= 0.6 is 7.82 Å². The summed E-state index contributed by atoms with van der Waals surface area (Å²) in [6, 6.07) is 0. The summed E-state index contributed by atoms with van der Waals surface area (Å²) in [5.41, 5.74) is 2.37. The molecule has 2 atom stereocenters. The lowest BCUT2D eigenvalue weighted by Crippen LogP contribution is -2.57. The summed E-state index contributed by atoms with van der Waals surface area (Å²) in [5, 5.41) is 20.5. The number of unbranched alkanes of at least 4 members (excludes halogenated alkanes) is 14. The molecule has 0 saturated heterocycles. The molecule has 0 aliphatic rings. The molecule has 0 aliphatic heterocycles. The number of phosphoric ester groups is 1. The zero-order valence-electron chi connectivity index (χ0n) is 35.8. The van der Waals surface area contributed by atoms with Crippen molar-refractivity contribution in [3.05, 3.63) is 146 Å². The monoisotopic (exact) mass is 836 g/mol. The van der Waals surface area contributed by atoms with Gasteiger partial charge in [0.2, 0.25) is 5.60 Å². The van der Waals surface area contributed by atoms with E-state index in [1.165, 1.54) is 114 Å². The second-order valence-corrected chi connectivity index (χ2v) is 15.2. The molecule has 0 aromatic rings. The maximum absolute atomic E-state index is 13.5. The van der Waals surface area contributed by atoms with Crippen molar-refractivity contribution in [2.75, 3.05) is 19.8 Å². The van der Waals surface area contributed by atoms with E-state index in [0.717, 1.165) is 25.0 Å². The summed E-state index contributed by atoms with van der Waals surface area (Å²) < 4.78 is 22.6. The number of allylic oxidation sites excluding steroid dienone is 22. The Morgan fingerprint density at radius 2 is 0.881 bits per heavy atom. The summed E-state index contributed by atoms with van der Waals surface area (Å²) in [7, 11) is -5.12. The number of aliphatic hydroxyl groups excluding tert-OH is 2. The minimum absolute atomic E-state index is 0.161. The summed E-state index contributed by atoms with van der Waals surface area (Å²) >= 11 is 0. The number of aliphatic hydroxyl groups is 2. The minimum Gasteiger partial charge on any atom is -0.394 e. The first-order valence-corrected chi connectivity index (χ1v) is 23.0. The standard InChI is InChI=1S/C49H74NO8P/c1-3-5-7-9-11-13-15-17-19-21-23-25-27-29-31-33-35-37-39-41-46(52)49(48(54)45-51,58-59(55,56)57-44-43-50)47(53)42-40-38-36-34-32-30-28-26-24-22-20-18-16-14-12-10-8-6-4-2/h19-42,48,51,54H,3-18,43-45,50H2,1-2H3,(H,55,56)/t48-,49?/m0/s1. The van der Waals surface area contributed by atoms with Gasteiger partial charge in [-0.2, -0.15) is 0 Å². The van der Waals surface area contributed by atoms with Crippen molar-refractivity contribution in [2.24, 2.45) is 5.73 Å². The van der Waals surface area contributed by atoms with Crippen LogP contribution in [0.2, 0.25) is 0 Å². The van der Waals surface area contributed by atoms with Crippen LogP contribution in [-0.2, 0) is 23.2 Å². The first-order chi connectivity index (χ1) is 28.7. The van der Waals surface area contributed by atoms with Crippen molar-refractivity contribution in [2.45, 2.75) is 128 Å². The van der Waals surface area contributed by atoms with Crippen LogP contribution in [-0.4, -0.2) is 58.1 Å². The van der Waals surface area contributed by atoms with Crippen LogP contribution in [0.25, 0.3) is 0 Å². The van der Waals surface area contributed by atoms with E-state index in [-0.39, 0.29) is 6.54 Å². The second kappa shape index (κ2) is 39.7. The molecule has 5 N–H and O–H groups in total. The maximum Gasteiger partial charge on any atom is 0.473 e. The van der Waals surface area contributed by atoms with Gasteiger partial charge in [0.15, 0.2) is 11.6 Å². The van der Waals surface area contributed by atoms with Gasteiger partial charge in [-0.15, -0.1) is 0 Å². The maximum atomic E-state index is 13.5. The Labute approximate surface area is 356 Å². The minimum atomic E-state index is -5.12. The Balaban J connectivity index is 5.34. The molecule has 0 bridgehead atoms. The summed E-state index contributed by atoms with van der Waals surface area (Å²) in [6.45, 7) is 2.73. The average Bonchev–Trinajstić information content (AvgIpc) is 3.23. The van der Waals surface area contributed by atoms with E-state index in [2.05, 4.69) is 26.0 Å². The molecule has 1 unspecified atom stereocenters. The molecule has 0 rings (SSSR count). The SMILES string of the molecule is CCCCCCCCCC=CC=CC=CC=CC=CC=CC(=O)C(OP(=O)(O)OCCN)(C(=O)C=CC=CC=CC=CC=CC=CCCCCCCCCC)[C@@H](O)CO. The fraction of sp³-hybridized carbons (Fsp3) is 0.469. The van der Waals surface area contributed by atoms with Crippen molar-refractivity contribution in [1.82, 2.24) is 0 Å². The van der Waals surface area contributed by atoms with Gasteiger partial charge in [0.25, 0.3) is 0 Å². The van der Waals surface area contributed by atoms with Gasteiger partial charge in [-0.3, -0.25) is 18.6 Å². The fourth-order valence-electron chi connectivity index (χ4n) is 5.45. The highest BCUT2D eigenvalue weighted by Gasteiger charge is 2.55. The lowest BCUT2D eigenvalue weighted by atomic mass is 9.86. The Hall–Kier alpha value is -3.79. The van der Waals surface area contributed by atoms with E-state index in [9.17, 15) is 29.3 Å². The summed E-state index contributed by atoms with van der Waals surface area (Å²) in [4.78, 5) is 37.3. The second-order valence-electron chi connectivity index (χ2n) is 13.8. The van der Waals surface area contributed by atoms with Gasteiger partial charge in [-0.05, 0) is 37.8 Å². The van der Waals surface area contributed by atoms with Gasteiger partial charge in [-0.1, -0.05) is 225 Å². The zero-order chi connectivity index (χ0) is 43.6. The number of hydrogen-bond acceptors (Lipinski definition) is 8. The molecule has 0 spiro atoms. The number of rotatable bonds is 37. The molecular weight excluding hydrogens is 762 g/mol. The highest BCUT2D eigenvalue weighted by Crippen LogP contribution is 2.49. The van der Waals surface area contributed by atoms with Crippen molar-refractivity contribution in [1.29, 1.82) is 0 Å². The van der Waals surface area contributed by atoms with E-state index in [1.807, 2.05) is 60.8 Å². The normalized spacial score (nSPS) is 16.0. The summed E-state index contributed by atoms with van der Waals surface area (Å²) in [6.07, 6.45) is 59.2. The number of carbonyl (C=O) groups excluding carboxylic acids is 2. The molecular formula is C49H74NO8P. The van der Waals surface area contributed by atoms with Crippen LogP contribution in [0, 0.1) is 0 Å². The van der Waals surface area contributed by atoms with Crippen molar-refractivity contribution >= 4 is 19.4 Å². The molecule has 0 heterocycles. The summed E-state index contributed by atoms with van der Waals surface area (Å²) in [5.74, 6) is -2.37. The first-order valence-electron chi connectivity index (χ1n) is 21.5. The van der Waals surface area contributed by atoms with E-state index in [1.54, 1.807) is 36.5 Å². The van der Waals surface area contributed by atoms with Crippen molar-refractivity contribution in [3.8, 4) is 0 Å². The fourth-order valence-corrected chi connectivity index (χ4v) is 6.51. The van der Waals surface area contributed by atoms with Crippen LogP contribution in [0.4, 0.5) is 0 Å². The molecule has 0 aliphatic carbocycles. The van der Waals surface area contributed by atoms with Gasteiger partial charge in [0, 0.05) is 6.54 Å². The molecule has 9 nitrogen and oxygen atoms in total. The number of carbonyl (C=O) groups is 2. The van der Waals surface area contributed by atoms with Gasteiger partial charge >= 0.3 is 7.82 Å². The van der Waals surface area contributed by atoms with Gasteiger partial charge < -0.3 is 20.8 Å². The smallest absolute Gasteiger partial charge is 0.394 e. The molecule has 328 valence electrons. The molecule has 0 aromatic carbocycles. The number of phosphoric acid groups is 1. The Kier molecular flexibility index (Phi) is 37.1. The Morgan fingerprint density at radius 1 is 0.559 bits per heavy atom. The number of ketones is 2. The highest BCUT2D eigenvalue weighted by molar-refractivity contribution is 7.47. The van der Waals surface area contributed by atoms with Crippen LogP contribution < -0.4 is 5.73 Å². The van der Waals surface area contributed by atoms with E-state index >= 15 is 0 Å². The largest absolute Gasteiger partial charge is 0.473 e. The first kappa shape index (κ1) is 55.2. The van der Waals surface area contributed by atoms with Gasteiger partial charge in [0.05, 0.1) is 13.2 Å². The van der Waals surface area contributed by atoms with E-state index in [4.69, 9.17) is 14.8 Å². The van der Waals surface area contributed by atoms with Crippen LogP contribution in [0.1, 0.15) is 117 Å². The number of nitrogens with two attached hydrogens (primary N) is 1. The van der Waals surface area contributed by atoms with E-state index in [0.29, 0.717) is 0 Å².